The fraction of sp³-hybridized carbons (Fsp3) is 0.481. The average molecular weight is 490 g/mol. The van der Waals surface area contributed by atoms with Crippen molar-refractivity contribution in [3.8, 4) is 28.4 Å². The Labute approximate surface area is 209 Å². The number of hydrogen-bond donors (Lipinski definition) is 1. The minimum atomic E-state index is -0.311. The molecular formula is C27H32FN7O. The van der Waals surface area contributed by atoms with Gasteiger partial charge in [0.2, 0.25) is 0 Å². The highest BCUT2D eigenvalue weighted by Crippen LogP contribution is 2.38. The van der Waals surface area contributed by atoms with E-state index in [4.69, 9.17) is 4.74 Å². The lowest BCUT2D eigenvalue weighted by atomic mass is 9.89. The second kappa shape index (κ2) is 9.28. The Kier molecular flexibility index (Phi) is 5.95. The topological polar surface area (TPSA) is 84.2 Å². The smallest absolute Gasteiger partial charge is 0.197 e. The third kappa shape index (κ3) is 4.25. The Morgan fingerprint density at radius 3 is 2.61 bits per heavy atom. The summed E-state index contributed by atoms with van der Waals surface area (Å²) < 4.78 is 22.7. The van der Waals surface area contributed by atoms with Crippen LogP contribution in [0.5, 0.6) is 5.75 Å². The molecule has 8 nitrogen and oxygen atoms in total. The quantitative estimate of drug-likeness (QED) is 0.391. The number of likely N-dealkylation sites (tertiary alicyclic amines) is 1. The van der Waals surface area contributed by atoms with Gasteiger partial charge in [0.25, 0.3) is 0 Å². The lowest BCUT2D eigenvalue weighted by Gasteiger charge is -2.32. The van der Waals surface area contributed by atoms with E-state index in [-0.39, 0.29) is 11.7 Å². The van der Waals surface area contributed by atoms with E-state index in [1.165, 1.54) is 25.7 Å². The molecule has 5 heterocycles. The van der Waals surface area contributed by atoms with E-state index in [0.29, 0.717) is 28.7 Å². The number of hydrogen-bond acceptors (Lipinski definition) is 6. The van der Waals surface area contributed by atoms with Crippen molar-refractivity contribution < 1.29 is 9.13 Å². The van der Waals surface area contributed by atoms with Crippen molar-refractivity contribution in [2.24, 2.45) is 5.92 Å². The SMILES string of the molecule is COc1cc(-c2n[nH]c(-c3ncc(C4CCN(CC5CC5)CC4)cc3F)c2C(C)C)cn2ncnc12. The minimum Gasteiger partial charge on any atom is -0.493 e. The van der Waals surface area contributed by atoms with Gasteiger partial charge in [-0.25, -0.2) is 13.9 Å². The predicted molar refractivity (Wildman–Crippen MR) is 136 cm³/mol. The van der Waals surface area contributed by atoms with Gasteiger partial charge in [-0.1, -0.05) is 13.8 Å². The van der Waals surface area contributed by atoms with E-state index < -0.39 is 0 Å². The van der Waals surface area contributed by atoms with Gasteiger partial charge in [-0.2, -0.15) is 10.2 Å². The fourth-order valence-corrected chi connectivity index (χ4v) is 5.46. The van der Waals surface area contributed by atoms with Crippen LogP contribution in [-0.2, 0) is 0 Å². The molecule has 2 aliphatic rings. The molecule has 6 rings (SSSR count). The monoisotopic (exact) mass is 489 g/mol. The lowest BCUT2D eigenvalue weighted by molar-refractivity contribution is 0.204. The number of nitrogens with zero attached hydrogens (tertiary/aromatic N) is 6. The van der Waals surface area contributed by atoms with Gasteiger partial charge in [0, 0.05) is 30.1 Å². The molecule has 1 saturated carbocycles. The first-order valence-electron chi connectivity index (χ1n) is 12.9. The normalized spacial score (nSPS) is 17.4. The number of halogens is 1. The molecule has 2 fully saturated rings. The van der Waals surface area contributed by atoms with Crippen molar-refractivity contribution in [1.82, 2.24) is 34.7 Å². The summed E-state index contributed by atoms with van der Waals surface area (Å²) in [6.45, 7) is 7.56. The summed E-state index contributed by atoms with van der Waals surface area (Å²) in [5.41, 5.74) is 4.99. The number of methoxy groups -OCH3 is 1. The minimum absolute atomic E-state index is 0.0860. The maximum Gasteiger partial charge on any atom is 0.197 e. The molecule has 0 spiro atoms. The molecule has 1 saturated heterocycles. The summed E-state index contributed by atoms with van der Waals surface area (Å²) in [7, 11) is 1.60. The summed E-state index contributed by atoms with van der Waals surface area (Å²) in [5.74, 6) is 1.65. The van der Waals surface area contributed by atoms with E-state index >= 15 is 4.39 Å². The highest BCUT2D eigenvalue weighted by molar-refractivity contribution is 5.75. The number of pyridine rings is 2. The van der Waals surface area contributed by atoms with E-state index in [1.54, 1.807) is 17.7 Å². The third-order valence-electron chi connectivity index (χ3n) is 7.59. The lowest BCUT2D eigenvalue weighted by Crippen LogP contribution is -2.34. The summed E-state index contributed by atoms with van der Waals surface area (Å²) in [6, 6.07) is 3.57. The highest BCUT2D eigenvalue weighted by atomic mass is 19.1. The van der Waals surface area contributed by atoms with Crippen LogP contribution in [0.2, 0.25) is 0 Å². The zero-order valence-electron chi connectivity index (χ0n) is 21.0. The van der Waals surface area contributed by atoms with Gasteiger partial charge in [0.15, 0.2) is 17.2 Å². The molecule has 0 amide bonds. The van der Waals surface area contributed by atoms with Gasteiger partial charge in [-0.15, -0.1) is 0 Å². The average Bonchev–Trinajstić information content (AvgIpc) is 3.38. The van der Waals surface area contributed by atoms with Crippen molar-refractivity contribution in [1.29, 1.82) is 0 Å². The summed E-state index contributed by atoms with van der Waals surface area (Å²) >= 11 is 0. The number of piperidine rings is 1. The van der Waals surface area contributed by atoms with Gasteiger partial charge in [0.1, 0.15) is 12.0 Å². The van der Waals surface area contributed by atoms with Crippen LogP contribution >= 0.6 is 0 Å². The van der Waals surface area contributed by atoms with Gasteiger partial charge >= 0.3 is 0 Å². The van der Waals surface area contributed by atoms with Crippen LogP contribution in [0.3, 0.4) is 0 Å². The van der Waals surface area contributed by atoms with Crippen molar-refractivity contribution >= 4 is 5.65 Å². The molecule has 4 aromatic heterocycles. The zero-order valence-corrected chi connectivity index (χ0v) is 21.0. The first kappa shape index (κ1) is 23.1. The standard InChI is InChI=1S/C27H32FN7O/c1-16(2)23-24(20-11-22(36-3)27-30-15-31-35(27)14-20)32-33-26(23)25-21(28)10-19(12-29-25)18-6-8-34(9-7-18)13-17-4-5-17/h10-12,14-18H,4-9,13H2,1-3H3,(H,32,33). The molecule has 4 aromatic rings. The van der Waals surface area contributed by atoms with Crippen molar-refractivity contribution in [2.75, 3.05) is 26.7 Å². The molecule has 0 radical (unpaired) electrons. The molecular weight excluding hydrogens is 457 g/mol. The number of nitrogens with one attached hydrogen (secondary N) is 1. The Morgan fingerprint density at radius 1 is 1.11 bits per heavy atom. The van der Waals surface area contributed by atoms with Gasteiger partial charge < -0.3 is 9.64 Å². The van der Waals surface area contributed by atoms with E-state index in [9.17, 15) is 0 Å². The molecule has 188 valence electrons. The summed E-state index contributed by atoms with van der Waals surface area (Å²) in [5, 5.41) is 11.9. The second-order valence-electron chi connectivity index (χ2n) is 10.5. The maximum atomic E-state index is 15.5. The number of rotatable bonds is 7. The Balaban J connectivity index is 1.30. The molecule has 9 heteroatoms. The van der Waals surface area contributed by atoms with E-state index in [0.717, 1.165) is 54.2 Å². The highest BCUT2D eigenvalue weighted by Gasteiger charge is 2.29. The van der Waals surface area contributed by atoms with Crippen LogP contribution in [0.4, 0.5) is 4.39 Å². The van der Waals surface area contributed by atoms with Crippen LogP contribution in [-0.4, -0.2) is 61.4 Å². The molecule has 1 aliphatic carbocycles. The number of aromatic nitrogens is 6. The predicted octanol–water partition coefficient (Wildman–Crippen LogP) is 5.04. The Hall–Kier alpha value is -3.33. The van der Waals surface area contributed by atoms with E-state index in [2.05, 4.69) is 44.0 Å². The summed E-state index contributed by atoms with van der Waals surface area (Å²) in [6.07, 6.45) is 10.1. The van der Waals surface area contributed by atoms with Crippen LogP contribution in [0.1, 0.15) is 62.5 Å². The molecule has 1 N–H and O–H groups in total. The van der Waals surface area contributed by atoms with Crippen LogP contribution in [0, 0.1) is 11.7 Å². The van der Waals surface area contributed by atoms with Crippen molar-refractivity contribution in [3.05, 3.63) is 47.8 Å². The third-order valence-corrected chi connectivity index (χ3v) is 7.59. The zero-order chi connectivity index (χ0) is 24.8. The second-order valence-corrected chi connectivity index (χ2v) is 10.5. The number of aromatic amines is 1. The van der Waals surface area contributed by atoms with E-state index in [1.807, 2.05) is 18.5 Å². The summed E-state index contributed by atoms with van der Waals surface area (Å²) in [4.78, 5) is 11.4. The van der Waals surface area contributed by atoms with Crippen LogP contribution in [0.15, 0.2) is 30.9 Å². The number of fused-ring (bicyclic) bond motifs is 1. The molecule has 0 aromatic carbocycles. The maximum absolute atomic E-state index is 15.5. The van der Waals surface area contributed by atoms with Crippen molar-refractivity contribution in [2.45, 2.75) is 51.4 Å². The molecule has 1 aliphatic heterocycles. The van der Waals surface area contributed by atoms with Gasteiger partial charge in [-0.05, 0) is 74.2 Å². The van der Waals surface area contributed by atoms with Gasteiger partial charge in [-0.3, -0.25) is 10.1 Å². The molecule has 0 unspecified atom stereocenters. The Bertz CT molecular complexity index is 1380. The fourth-order valence-electron chi connectivity index (χ4n) is 5.46. The van der Waals surface area contributed by atoms with Crippen LogP contribution < -0.4 is 4.74 Å². The van der Waals surface area contributed by atoms with Crippen LogP contribution in [0.25, 0.3) is 28.3 Å². The number of ether oxygens (including phenoxy) is 1. The first-order chi connectivity index (χ1) is 17.5. The number of H-pyrrole nitrogens is 1. The van der Waals surface area contributed by atoms with Gasteiger partial charge in [0.05, 0.1) is 18.5 Å². The Morgan fingerprint density at radius 2 is 1.92 bits per heavy atom. The van der Waals surface area contributed by atoms with Crippen molar-refractivity contribution in [3.63, 3.8) is 0 Å². The first-order valence-corrected chi connectivity index (χ1v) is 12.9. The molecule has 0 atom stereocenters. The molecule has 36 heavy (non-hydrogen) atoms. The molecule has 0 bridgehead atoms. The largest absolute Gasteiger partial charge is 0.493 e.